The molecule has 0 saturated carbocycles. The van der Waals surface area contributed by atoms with Gasteiger partial charge in [0.2, 0.25) is 11.7 Å². The molecule has 0 unspecified atom stereocenters. The topological polar surface area (TPSA) is 115 Å². The Morgan fingerprint density at radius 1 is 1.08 bits per heavy atom. The molecule has 1 amide bonds. The smallest absolute Gasteiger partial charge is 0.306 e. The van der Waals surface area contributed by atoms with E-state index in [1.54, 1.807) is 0 Å². The Morgan fingerprint density at radius 2 is 1.76 bits per heavy atom. The Kier molecular flexibility index (Phi) is 5.40. The van der Waals surface area contributed by atoms with Gasteiger partial charge in [-0.15, -0.1) is 0 Å². The third-order valence-electron chi connectivity index (χ3n) is 3.00. The molecule has 8 nitrogen and oxygen atoms in total. The molecule has 0 fully saturated rings. The fraction of sp³-hybridized carbons (Fsp3) is 0. The SMILES string of the molecule is O=C(/C=C/c1ccc(Cl)c([N+](=O)[O-])c1)Nc1ccc(F)c([N+](=O)[O-])c1. The van der Waals surface area contributed by atoms with Crippen LogP contribution in [0.25, 0.3) is 6.08 Å². The van der Waals surface area contributed by atoms with E-state index in [1.165, 1.54) is 30.3 Å². The van der Waals surface area contributed by atoms with Crippen molar-refractivity contribution < 1.29 is 19.0 Å². The predicted molar refractivity (Wildman–Crippen MR) is 88.8 cm³/mol. The van der Waals surface area contributed by atoms with E-state index in [9.17, 15) is 29.4 Å². The van der Waals surface area contributed by atoms with Crippen LogP contribution in [0.5, 0.6) is 0 Å². The van der Waals surface area contributed by atoms with Gasteiger partial charge in [-0.3, -0.25) is 25.0 Å². The summed E-state index contributed by atoms with van der Waals surface area (Å²) in [5, 5.41) is 23.7. The van der Waals surface area contributed by atoms with Crippen molar-refractivity contribution >= 4 is 40.6 Å². The Bertz CT molecular complexity index is 901. The number of nitro groups is 2. The Balaban J connectivity index is 2.14. The molecule has 0 heterocycles. The molecule has 2 rings (SSSR count). The second-order valence-corrected chi connectivity index (χ2v) is 5.12. The first-order valence-corrected chi connectivity index (χ1v) is 7.02. The molecule has 0 bridgehead atoms. The number of nitrogens with one attached hydrogen (secondary N) is 1. The zero-order valence-electron chi connectivity index (χ0n) is 12.3. The van der Waals surface area contributed by atoms with E-state index in [0.717, 1.165) is 18.2 Å². The molecule has 0 atom stereocenters. The zero-order chi connectivity index (χ0) is 18.6. The highest BCUT2D eigenvalue weighted by molar-refractivity contribution is 6.32. The van der Waals surface area contributed by atoms with Crippen LogP contribution in [0.15, 0.2) is 42.5 Å². The lowest BCUT2D eigenvalue weighted by Gasteiger charge is -2.02. The molecule has 0 aliphatic heterocycles. The lowest BCUT2D eigenvalue weighted by Crippen LogP contribution is -2.08. The molecule has 1 N–H and O–H groups in total. The summed E-state index contributed by atoms with van der Waals surface area (Å²) in [6, 6.07) is 6.90. The van der Waals surface area contributed by atoms with Gasteiger partial charge in [-0.1, -0.05) is 17.7 Å². The normalized spacial score (nSPS) is 10.6. The van der Waals surface area contributed by atoms with E-state index >= 15 is 0 Å². The number of carbonyl (C=O) groups excluding carboxylic acids is 1. The molecule has 0 aliphatic carbocycles. The maximum Gasteiger partial charge on any atom is 0.306 e. The Morgan fingerprint density at radius 3 is 2.40 bits per heavy atom. The molecule has 2 aromatic rings. The van der Waals surface area contributed by atoms with Gasteiger partial charge in [0, 0.05) is 23.9 Å². The second kappa shape index (κ2) is 7.49. The zero-order valence-corrected chi connectivity index (χ0v) is 13.1. The van der Waals surface area contributed by atoms with Crippen LogP contribution in [0.1, 0.15) is 5.56 Å². The Hall–Kier alpha value is -3.33. The third kappa shape index (κ3) is 4.58. The number of hydrogen-bond acceptors (Lipinski definition) is 5. The van der Waals surface area contributed by atoms with Crippen molar-refractivity contribution in [2.45, 2.75) is 0 Å². The van der Waals surface area contributed by atoms with Gasteiger partial charge in [0.15, 0.2) is 0 Å². The Labute approximate surface area is 144 Å². The number of nitro benzene ring substituents is 2. The van der Waals surface area contributed by atoms with Crippen molar-refractivity contribution in [2.75, 3.05) is 5.32 Å². The molecule has 25 heavy (non-hydrogen) atoms. The fourth-order valence-electron chi connectivity index (χ4n) is 1.86. The summed E-state index contributed by atoms with van der Waals surface area (Å²) in [6.45, 7) is 0. The first kappa shape index (κ1) is 18.0. The summed E-state index contributed by atoms with van der Waals surface area (Å²) < 4.78 is 13.2. The molecule has 0 spiro atoms. The standard InChI is InChI=1S/C15H9ClFN3O5/c16-11-4-1-9(7-13(11)19(22)23)2-6-15(21)18-10-3-5-12(17)14(8-10)20(24)25/h1-8H,(H,18,21)/b6-2+. The number of benzene rings is 2. The number of carbonyl (C=O) groups is 1. The molecule has 2 aromatic carbocycles. The monoisotopic (exact) mass is 365 g/mol. The average molecular weight is 366 g/mol. The van der Waals surface area contributed by atoms with Crippen molar-refractivity contribution in [3.05, 3.63) is 79.1 Å². The minimum atomic E-state index is -1.02. The van der Waals surface area contributed by atoms with Gasteiger partial charge in [0.1, 0.15) is 5.02 Å². The number of hydrogen-bond donors (Lipinski definition) is 1. The molecular formula is C15H9ClFN3O5. The first-order chi connectivity index (χ1) is 11.8. The van der Waals surface area contributed by atoms with Crippen LogP contribution in [0.2, 0.25) is 5.02 Å². The molecule has 0 radical (unpaired) electrons. The quantitative estimate of drug-likeness (QED) is 0.489. The van der Waals surface area contributed by atoms with Crippen LogP contribution in [0.3, 0.4) is 0 Å². The van der Waals surface area contributed by atoms with Crippen LogP contribution in [-0.2, 0) is 4.79 Å². The van der Waals surface area contributed by atoms with Crippen LogP contribution in [0, 0.1) is 26.0 Å². The van der Waals surface area contributed by atoms with E-state index in [2.05, 4.69) is 5.32 Å². The van der Waals surface area contributed by atoms with Gasteiger partial charge in [-0.05, 0) is 29.8 Å². The average Bonchev–Trinajstić information content (AvgIpc) is 2.55. The summed E-state index contributed by atoms with van der Waals surface area (Å²) >= 11 is 5.68. The first-order valence-electron chi connectivity index (χ1n) is 6.65. The van der Waals surface area contributed by atoms with Crippen LogP contribution in [-0.4, -0.2) is 15.8 Å². The third-order valence-corrected chi connectivity index (χ3v) is 3.32. The summed E-state index contributed by atoms with van der Waals surface area (Å²) in [5.41, 5.74) is -0.685. The predicted octanol–water partition coefficient (Wildman–Crippen LogP) is 3.95. The summed E-state index contributed by atoms with van der Waals surface area (Å²) in [5.74, 6) is -1.68. The largest absolute Gasteiger partial charge is 0.322 e. The lowest BCUT2D eigenvalue weighted by molar-refractivity contribution is -0.387. The maximum absolute atomic E-state index is 13.2. The number of nitrogens with zero attached hydrogens (tertiary/aromatic N) is 2. The minimum absolute atomic E-state index is 0.0323. The number of rotatable bonds is 5. The molecule has 0 aliphatic rings. The van der Waals surface area contributed by atoms with Crippen LogP contribution >= 0.6 is 11.6 Å². The fourth-order valence-corrected chi connectivity index (χ4v) is 2.05. The van der Waals surface area contributed by atoms with E-state index in [0.29, 0.717) is 5.56 Å². The summed E-state index contributed by atoms with van der Waals surface area (Å²) in [7, 11) is 0. The number of halogens is 2. The number of anilines is 1. The summed E-state index contributed by atoms with van der Waals surface area (Å²) in [6.07, 6.45) is 2.37. The van der Waals surface area contributed by atoms with Gasteiger partial charge in [0.25, 0.3) is 5.69 Å². The van der Waals surface area contributed by atoms with E-state index in [-0.39, 0.29) is 16.4 Å². The highest BCUT2D eigenvalue weighted by atomic mass is 35.5. The van der Waals surface area contributed by atoms with Gasteiger partial charge < -0.3 is 5.32 Å². The maximum atomic E-state index is 13.2. The highest BCUT2D eigenvalue weighted by Gasteiger charge is 2.15. The van der Waals surface area contributed by atoms with Gasteiger partial charge >= 0.3 is 5.69 Å². The van der Waals surface area contributed by atoms with Gasteiger partial charge in [-0.2, -0.15) is 4.39 Å². The summed E-state index contributed by atoms with van der Waals surface area (Å²) in [4.78, 5) is 31.7. The molecular weight excluding hydrogens is 357 g/mol. The molecule has 0 saturated heterocycles. The van der Waals surface area contributed by atoms with Crippen molar-refractivity contribution in [1.82, 2.24) is 0 Å². The highest BCUT2D eigenvalue weighted by Crippen LogP contribution is 2.25. The molecule has 0 aromatic heterocycles. The molecule has 128 valence electrons. The van der Waals surface area contributed by atoms with Gasteiger partial charge in [0.05, 0.1) is 9.85 Å². The molecule has 10 heteroatoms. The van der Waals surface area contributed by atoms with Crippen molar-refractivity contribution in [3.63, 3.8) is 0 Å². The lowest BCUT2D eigenvalue weighted by atomic mass is 10.2. The van der Waals surface area contributed by atoms with Crippen molar-refractivity contribution in [1.29, 1.82) is 0 Å². The van der Waals surface area contributed by atoms with Crippen LogP contribution < -0.4 is 5.32 Å². The minimum Gasteiger partial charge on any atom is -0.322 e. The number of amides is 1. The van der Waals surface area contributed by atoms with Crippen LogP contribution in [0.4, 0.5) is 21.5 Å². The van der Waals surface area contributed by atoms with Gasteiger partial charge in [-0.25, -0.2) is 0 Å². The van der Waals surface area contributed by atoms with Crippen molar-refractivity contribution in [3.8, 4) is 0 Å². The van der Waals surface area contributed by atoms with E-state index in [1.807, 2.05) is 0 Å². The van der Waals surface area contributed by atoms with E-state index < -0.39 is 27.3 Å². The van der Waals surface area contributed by atoms with Crippen molar-refractivity contribution in [2.24, 2.45) is 0 Å². The van der Waals surface area contributed by atoms with E-state index in [4.69, 9.17) is 11.6 Å². The second-order valence-electron chi connectivity index (χ2n) is 4.71.